The number of ketones is 1. The van der Waals surface area contributed by atoms with E-state index in [2.05, 4.69) is 16.3 Å². The van der Waals surface area contributed by atoms with Crippen molar-refractivity contribution in [2.75, 3.05) is 13.1 Å². The standard InChI is InChI=1S/C15H21N3O/c1-2-9-16-12-15(19)11-13-8-10-18(17-13)14-6-4-3-5-7-14/h1,8,10,14,16H,3-7,9,11-12H2. The van der Waals surface area contributed by atoms with Crippen molar-refractivity contribution in [3.05, 3.63) is 18.0 Å². The Kier molecular flexibility index (Phi) is 5.17. The van der Waals surface area contributed by atoms with Crippen LogP contribution in [0.15, 0.2) is 12.3 Å². The highest BCUT2D eigenvalue weighted by Gasteiger charge is 2.16. The van der Waals surface area contributed by atoms with Crippen molar-refractivity contribution in [2.45, 2.75) is 44.6 Å². The van der Waals surface area contributed by atoms with Gasteiger partial charge in [0.25, 0.3) is 0 Å². The van der Waals surface area contributed by atoms with Gasteiger partial charge in [-0.2, -0.15) is 5.10 Å². The largest absolute Gasteiger partial charge is 0.299 e. The number of Topliss-reactive ketones (excluding diaryl/α,β-unsaturated/α-hetero) is 1. The fraction of sp³-hybridized carbons (Fsp3) is 0.600. The molecule has 1 fully saturated rings. The summed E-state index contributed by atoms with van der Waals surface area (Å²) in [6, 6.07) is 2.48. The van der Waals surface area contributed by atoms with Crippen LogP contribution in [-0.2, 0) is 11.2 Å². The number of terminal acetylenes is 1. The van der Waals surface area contributed by atoms with Crippen molar-refractivity contribution < 1.29 is 4.79 Å². The second-order valence-electron chi connectivity index (χ2n) is 5.10. The van der Waals surface area contributed by atoms with Crippen molar-refractivity contribution in [3.63, 3.8) is 0 Å². The maximum atomic E-state index is 11.7. The molecule has 1 aromatic rings. The summed E-state index contributed by atoms with van der Waals surface area (Å²) in [5.41, 5.74) is 0.859. The quantitative estimate of drug-likeness (QED) is 0.625. The van der Waals surface area contributed by atoms with Crippen LogP contribution < -0.4 is 5.32 Å². The Balaban J connectivity index is 1.83. The van der Waals surface area contributed by atoms with Crippen LogP contribution in [0.25, 0.3) is 0 Å². The molecule has 4 heteroatoms. The van der Waals surface area contributed by atoms with Gasteiger partial charge in [-0.1, -0.05) is 25.2 Å². The highest BCUT2D eigenvalue weighted by Crippen LogP contribution is 2.27. The number of aromatic nitrogens is 2. The molecular formula is C15H21N3O. The van der Waals surface area contributed by atoms with E-state index >= 15 is 0 Å². The number of carbonyl (C=O) groups is 1. The molecular weight excluding hydrogens is 238 g/mol. The van der Waals surface area contributed by atoms with E-state index in [0.717, 1.165) is 5.69 Å². The first-order chi connectivity index (χ1) is 9.29. The normalized spacial score (nSPS) is 16.2. The van der Waals surface area contributed by atoms with Crippen LogP contribution in [0.3, 0.4) is 0 Å². The minimum absolute atomic E-state index is 0.129. The second-order valence-corrected chi connectivity index (χ2v) is 5.10. The monoisotopic (exact) mass is 259 g/mol. The van der Waals surface area contributed by atoms with Gasteiger partial charge in [-0.05, 0) is 18.9 Å². The minimum Gasteiger partial charge on any atom is -0.299 e. The van der Waals surface area contributed by atoms with Crippen molar-refractivity contribution >= 4 is 5.78 Å². The molecule has 1 aromatic heterocycles. The highest BCUT2D eigenvalue weighted by molar-refractivity contribution is 5.82. The molecule has 0 atom stereocenters. The molecule has 1 aliphatic carbocycles. The molecule has 0 bridgehead atoms. The third kappa shape index (κ3) is 4.22. The van der Waals surface area contributed by atoms with Gasteiger partial charge < -0.3 is 0 Å². The molecule has 1 aliphatic rings. The van der Waals surface area contributed by atoms with Gasteiger partial charge in [0, 0.05) is 6.20 Å². The molecule has 1 saturated carbocycles. The fourth-order valence-corrected chi connectivity index (χ4v) is 2.56. The summed E-state index contributed by atoms with van der Waals surface area (Å²) < 4.78 is 2.04. The Hall–Kier alpha value is -1.60. The van der Waals surface area contributed by atoms with Gasteiger partial charge in [-0.15, -0.1) is 6.42 Å². The molecule has 0 unspecified atom stereocenters. The van der Waals surface area contributed by atoms with E-state index in [1.165, 1.54) is 32.1 Å². The Labute approximate surface area is 114 Å². The summed E-state index contributed by atoms with van der Waals surface area (Å²) in [4.78, 5) is 11.7. The molecule has 4 nitrogen and oxygen atoms in total. The molecule has 19 heavy (non-hydrogen) atoms. The maximum absolute atomic E-state index is 11.7. The topological polar surface area (TPSA) is 46.9 Å². The fourth-order valence-electron chi connectivity index (χ4n) is 2.56. The summed E-state index contributed by atoms with van der Waals surface area (Å²) >= 11 is 0. The van der Waals surface area contributed by atoms with E-state index in [1.54, 1.807) is 0 Å². The minimum atomic E-state index is 0.129. The average molecular weight is 259 g/mol. The average Bonchev–Trinajstić information content (AvgIpc) is 2.88. The zero-order valence-corrected chi connectivity index (χ0v) is 11.3. The number of hydrogen-bond donors (Lipinski definition) is 1. The first kappa shape index (κ1) is 13.8. The van der Waals surface area contributed by atoms with Crippen LogP contribution in [0.4, 0.5) is 0 Å². The molecule has 0 radical (unpaired) electrons. The van der Waals surface area contributed by atoms with E-state index in [4.69, 9.17) is 6.42 Å². The first-order valence-corrected chi connectivity index (χ1v) is 6.99. The van der Waals surface area contributed by atoms with Crippen molar-refractivity contribution in [3.8, 4) is 12.3 Å². The summed E-state index contributed by atoms with van der Waals surface area (Å²) in [6.07, 6.45) is 13.8. The van der Waals surface area contributed by atoms with Gasteiger partial charge in [0.15, 0.2) is 5.78 Å². The number of hydrogen-bond acceptors (Lipinski definition) is 3. The van der Waals surface area contributed by atoms with Crippen LogP contribution in [-0.4, -0.2) is 28.7 Å². The van der Waals surface area contributed by atoms with Crippen LogP contribution >= 0.6 is 0 Å². The summed E-state index contributed by atoms with van der Waals surface area (Å²) in [5, 5.41) is 7.43. The lowest BCUT2D eigenvalue weighted by Crippen LogP contribution is -2.24. The zero-order chi connectivity index (χ0) is 13.5. The lowest BCUT2D eigenvalue weighted by Gasteiger charge is -2.21. The molecule has 2 rings (SSSR count). The molecule has 1 N–H and O–H groups in total. The molecule has 1 heterocycles. The van der Waals surface area contributed by atoms with Crippen LogP contribution in [0.1, 0.15) is 43.8 Å². The van der Waals surface area contributed by atoms with Crippen molar-refractivity contribution in [1.29, 1.82) is 0 Å². The Morgan fingerprint density at radius 3 is 3.00 bits per heavy atom. The molecule has 0 amide bonds. The Bertz CT molecular complexity index is 452. The smallest absolute Gasteiger partial charge is 0.152 e. The van der Waals surface area contributed by atoms with Gasteiger partial charge >= 0.3 is 0 Å². The van der Waals surface area contributed by atoms with E-state index in [1.807, 2.05) is 16.9 Å². The predicted molar refractivity (Wildman–Crippen MR) is 74.8 cm³/mol. The molecule has 0 saturated heterocycles. The van der Waals surface area contributed by atoms with E-state index in [-0.39, 0.29) is 5.78 Å². The summed E-state index contributed by atoms with van der Waals surface area (Å²) in [7, 11) is 0. The lowest BCUT2D eigenvalue weighted by molar-refractivity contribution is -0.117. The van der Waals surface area contributed by atoms with E-state index < -0.39 is 0 Å². The van der Waals surface area contributed by atoms with Crippen LogP contribution in [0.2, 0.25) is 0 Å². The number of nitrogens with zero attached hydrogens (tertiary/aromatic N) is 2. The molecule has 102 valence electrons. The van der Waals surface area contributed by atoms with E-state index in [0.29, 0.717) is 25.6 Å². The highest BCUT2D eigenvalue weighted by atomic mass is 16.1. The van der Waals surface area contributed by atoms with Crippen molar-refractivity contribution in [1.82, 2.24) is 15.1 Å². The predicted octanol–water partition coefficient (Wildman–Crippen LogP) is 1.72. The SMILES string of the molecule is C#CCNCC(=O)Cc1ccn(C2CCCCC2)n1. The Morgan fingerprint density at radius 2 is 2.26 bits per heavy atom. The third-order valence-corrected chi connectivity index (χ3v) is 3.54. The number of carbonyl (C=O) groups excluding carboxylic acids is 1. The van der Waals surface area contributed by atoms with Crippen molar-refractivity contribution in [2.24, 2.45) is 0 Å². The molecule has 0 aromatic carbocycles. The van der Waals surface area contributed by atoms with Crippen LogP contribution in [0, 0.1) is 12.3 Å². The van der Waals surface area contributed by atoms with Gasteiger partial charge in [-0.3, -0.25) is 14.8 Å². The maximum Gasteiger partial charge on any atom is 0.152 e. The molecule has 0 spiro atoms. The summed E-state index contributed by atoms with van der Waals surface area (Å²) in [6.45, 7) is 0.753. The Morgan fingerprint density at radius 1 is 1.47 bits per heavy atom. The van der Waals surface area contributed by atoms with Gasteiger partial charge in [0.2, 0.25) is 0 Å². The van der Waals surface area contributed by atoms with Gasteiger partial charge in [-0.25, -0.2) is 0 Å². The number of rotatable bonds is 6. The summed E-state index contributed by atoms with van der Waals surface area (Å²) in [5.74, 6) is 2.58. The molecule has 0 aliphatic heterocycles. The second kappa shape index (κ2) is 7.10. The lowest BCUT2D eigenvalue weighted by atomic mass is 9.96. The van der Waals surface area contributed by atoms with Gasteiger partial charge in [0.1, 0.15) is 0 Å². The van der Waals surface area contributed by atoms with Crippen LogP contribution in [0.5, 0.6) is 0 Å². The van der Waals surface area contributed by atoms with E-state index in [9.17, 15) is 4.79 Å². The zero-order valence-electron chi connectivity index (χ0n) is 11.3. The first-order valence-electron chi connectivity index (χ1n) is 6.99. The van der Waals surface area contributed by atoms with Gasteiger partial charge in [0.05, 0.1) is 31.2 Å². The number of nitrogens with one attached hydrogen (secondary N) is 1. The third-order valence-electron chi connectivity index (χ3n) is 3.54.